The highest BCUT2D eigenvalue weighted by Crippen LogP contribution is 2.43. The average Bonchev–Trinajstić information content (AvgIpc) is 3.39. The Bertz CT molecular complexity index is 1800. The van der Waals surface area contributed by atoms with Crippen molar-refractivity contribution in [3.8, 4) is 34.1 Å². The van der Waals surface area contributed by atoms with Crippen molar-refractivity contribution in [2.24, 2.45) is 0 Å². The van der Waals surface area contributed by atoms with E-state index >= 15 is 0 Å². The van der Waals surface area contributed by atoms with Gasteiger partial charge in [0.15, 0.2) is 9.84 Å². The number of sulfone groups is 1. The van der Waals surface area contributed by atoms with Crippen LogP contribution in [-0.4, -0.2) is 25.7 Å². The van der Waals surface area contributed by atoms with E-state index < -0.39 is 15.7 Å². The summed E-state index contributed by atoms with van der Waals surface area (Å²) >= 11 is 6.63. The second-order valence-corrected chi connectivity index (χ2v) is 10.5. The van der Waals surface area contributed by atoms with Crippen molar-refractivity contribution in [1.29, 1.82) is 5.26 Å². The number of nitriles is 1. The van der Waals surface area contributed by atoms with Crippen LogP contribution < -0.4 is 4.74 Å². The lowest BCUT2D eigenvalue weighted by molar-refractivity contribution is 0.413. The number of methoxy groups -OCH3 is 1. The van der Waals surface area contributed by atoms with Crippen molar-refractivity contribution in [1.82, 2.24) is 10.1 Å². The number of nitrogens with zero attached hydrogens (tertiary/aromatic N) is 3. The van der Waals surface area contributed by atoms with Gasteiger partial charge >= 0.3 is 0 Å². The molecule has 37 heavy (non-hydrogen) atoms. The van der Waals surface area contributed by atoms with Crippen LogP contribution in [0.4, 0.5) is 4.39 Å². The van der Waals surface area contributed by atoms with Crippen molar-refractivity contribution < 1.29 is 22.1 Å². The van der Waals surface area contributed by atoms with Gasteiger partial charge in [-0.3, -0.25) is 4.98 Å². The zero-order chi connectivity index (χ0) is 26.2. The van der Waals surface area contributed by atoms with Crippen molar-refractivity contribution in [3.05, 3.63) is 95.2 Å². The fourth-order valence-corrected chi connectivity index (χ4v) is 5.67. The van der Waals surface area contributed by atoms with E-state index in [1.165, 1.54) is 49.9 Å². The third kappa shape index (κ3) is 4.65. The number of halogens is 2. The molecule has 10 heteroatoms. The first kappa shape index (κ1) is 24.4. The summed E-state index contributed by atoms with van der Waals surface area (Å²) in [5, 5.41) is 14.4. The van der Waals surface area contributed by atoms with E-state index in [9.17, 15) is 18.1 Å². The van der Waals surface area contributed by atoms with Gasteiger partial charge in [-0.05, 0) is 42.0 Å². The van der Waals surface area contributed by atoms with Crippen LogP contribution in [0.2, 0.25) is 5.02 Å². The smallest absolute Gasteiger partial charge is 0.184 e. The first-order chi connectivity index (χ1) is 17.8. The van der Waals surface area contributed by atoms with Crippen LogP contribution in [0.25, 0.3) is 33.2 Å². The van der Waals surface area contributed by atoms with Gasteiger partial charge in [0.05, 0.1) is 28.8 Å². The Hall–Kier alpha value is -4.26. The third-order valence-corrected chi connectivity index (χ3v) is 7.80. The maximum Gasteiger partial charge on any atom is 0.184 e. The number of fused-ring (bicyclic) bond motifs is 1. The van der Waals surface area contributed by atoms with Crippen molar-refractivity contribution >= 4 is 32.3 Å². The molecule has 3 aromatic carbocycles. The van der Waals surface area contributed by atoms with Crippen molar-refractivity contribution in [2.45, 2.75) is 10.6 Å². The fourth-order valence-electron chi connectivity index (χ4n) is 4.13. The molecular formula is C27H17ClFN3O4S. The lowest BCUT2D eigenvalue weighted by Gasteiger charge is -2.16. The molecule has 0 atom stereocenters. The van der Waals surface area contributed by atoms with E-state index in [0.717, 1.165) is 0 Å². The molecule has 0 aliphatic heterocycles. The van der Waals surface area contributed by atoms with Gasteiger partial charge in [0.2, 0.25) is 0 Å². The first-order valence-electron chi connectivity index (χ1n) is 10.9. The summed E-state index contributed by atoms with van der Waals surface area (Å²) < 4.78 is 50.1. The van der Waals surface area contributed by atoms with Gasteiger partial charge in [-0.1, -0.05) is 35.0 Å². The largest absolute Gasteiger partial charge is 0.496 e. The number of hydrogen-bond donors (Lipinski definition) is 0. The molecule has 0 aliphatic rings. The highest BCUT2D eigenvalue weighted by Gasteiger charge is 2.22. The molecule has 0 radical (unpaired) electrons. The molecule has 0 saturated carbocycles. The Morgan fingerprint density at radius 3 is 2.65 bits per heavy atom. The maximum atomic E-state index is 13.8. The predicted octanol–water partition coefficient (Wildman–Crippen LogP) is 6.20. The molecule has 2 aromatic heterocycles. The molecule has 5 rings (SSSR count). The van der Waals surface area contributed by atoms with Gasteiger partial charge in [-0.2, -0.15) is 5.26 Å². The van der Waals surface area contributed by atoms with Crippen LogP contribution in [0.1, 0.15) is 11.3 Å². The molecule has 0 amide bonds. The van der Waals surface area contributed by atoms with Gasteiger partial charge in [0.25, 0.3) is 0 Å². The number of aromatic nitrogens is 2. The molecule has 184 valence electrons. The molecule has 0 spiro atoms. The van der Waals surface area contributed by atoms with Crippen LogP contribution in [-0.2, 0) is 15.6 Å². The van der Waals surface area contributed by atoms with E-state index in [4.69, 9.17) is 20.9 Å². The number of pyridine rings is 1. The van der Waals surface area contributed by atoms with Crippen LogP contribution in [0.3, 0.4) is 0 Å². The number of hydrogen-bond acceptors (Lipinski definition) is 7. The molecule has 0 bridgehead atoms. The van der Waals surface area contributed by atoms with E-state index in [1.54, 1.807) is 30.3 Å². The molecule has 0 N–H and O–H groups in total. The minimum absolute atomic E-state index is 0.0533. The molecule has 7 nitrogen and oxygen atoms in total. The zero-order valence-corrected chi connectivity index (χ0v) is 20.8. The monoisotopic (exact) mass is 533 g/mol. The fraction of sp³-hybridized carbons (Fsp3) is 0.0741. The Balaban J connectivity index is 1.67. The van der Waals surface area contributed by atoms with Crippen molar-refractivity contribution in [3.63, 3.8) is 0 Å². The highest BCUT2D eigenvalue weighted by atomic mass is 35.5. The van der Waals surface area contributed by atoms with Crippen LogP contribution in [0.15, 0.2) is 82.5 Å². The van der Waals surface area contributed by atoms with Crippen molar-refractivity contribution in [2.75, 3.05) is 7.11 Å². The second kappa shape index (κ2) is 9.65. The van der Waals surface area contributed by atoms with E-state index in [0.29, 0.717) is 43.9 Å². The van der Waals surface area contributed by atoms with Gasteiger partial charge in [0, 0.05) is 39.4 Å². The molecular weight excluding hydrogens is 517 g/mol. The lowest BCUT2D eigenvalue weighted by atomic mass is 9.94. The summed E-state index contributed by atoms with van der Waals surface area (Å²) in [7, 11) is -2.25. The van der Waals surface area contributed by atoms with E-state index in [1.807, 2.05) is 0 Å². The molecule has 0 fully saturated rings. The predicted molar refractivity (Wildman–Crippen MR) is 136 cm³/mol. The van der Waals surface area contributed by atoms with E-state index in [-0.39, 0.29) is 21.9 Å². The minimum Gasteiger partial charge on any atom is -0.496 e. The van der Waals surface area contributed by atoms with Gasteiger partial charge in [-0.25, -0.2) is 12.8 Å². The van der Waals surface area contributed by atoms with Gasteiger partial charge < -0.3 is 9.26 Å². The maximum absolute atomic E-state index is 13.8. The summed E-state index contributed by atoms with van der Waals surface area (Å²) in [6.45, 7) is 0. The molecule has 5 aromatic rings. The molecule has 0 aliphatic carbocycles. The highest BCUT2D eigenvalue weighted by molar-refractivity contribution is 7.90. The van der Waals surface area contributed by atoms with Crippen LogP contribution in [0, 0.1) is 17.1 Å². The van der Waals surface area contributed by atoms with Gasteiger partial charge in [0.1, 0.15) is 29.7 Å². The topological polar surface area (TPSA) is 106 Å². The zero-order valence-electron chi connectivity index (χ0n) is 19.3. The lowest BCUT2D eigenvalue weighted by Crippen LogP contribution is -2.05. The number of benzene rings is 3. The Labute approximate surface area is 216 Å². The SMILES string of the molecule is COc1cc(-c2cccc(F)c2)c(Cl)cc1-c1c(C#N)cnc2cc(S(=O)(=O)Cc3ccon3)ccc12. The molecule has 0 saturated heterocycles. The summed E-state index contributed by atoms with van der Waals surface area (Å²) in [5.74, 6) is -0.337. The number of ether oxygens (including phenoxy) is 1. The third-order valence-electron chi connectivity index (χ3n) is 5.84. The van der Waals surface area contributed by atoms with Gasteiger partial charge in [-0.15, -0.1) is 0 Å². The standard InChI is InChI=1S/C27H17ClFN3O4S/c1-35-26-12-22(16-3-2-4-18(29)9-16)24(28)11-23(26)27-17(13-30)14-31-25-10-20(5-6-21(25)27)37(33,34)15-19-7-8-36-32-19/h2-12,14H,15H2,1H3. The van der Waals surface area contributed by atoms with E-state index in [2.05, 4.69) is 16.2 Å². The molecule has 2 heterocycles. The normalized spacial score (nSPS) is 11.4. The number of rotatable bonds is 6. The second-order valence-electron chi connectivity index (χ2n) is 8.13. The van der Waals surface area contributed by atoms with Crippen LogP contribution >= 0.6 is 11.6 Å². The first-order valence-corrected chi connectivity index (χ1v) is 12.9. The minimum atomic E-state index is -3.73. The summed E-state index contributed by atoms with van der Waals surface area (Å²) in [5.41, 5.74) is 3.01. The molecule has 0 unspecified atom stereocenters. The summed E-state index contributed by atoms with van der Waals surface area (Å²) in [6.07, 6.45) is 2.68. The summed E-state index contributed by atoms with van der Waals surface area (Å²) in [6, 6.07) is 17.5. The quantitative estimate of drug-likeness (QED) is 0.255. The average molecular weight is 534 g/mol. The Morgan fingerprint density at radius 1 is 1.11 bits per heavy atom. The Kier molecular flexibility index (Phi) is 6.38. The summed E-state index contributed by atoms with van der Waals surface area (Å²) in [4.78, 5) is 4.38. The van der Waals surface area contributed by atoms with Crippen LogP contribution in [0.5, 0.6) is 5.75 Å². The Morgan fingerprint density at radius 2 is 1.95 bits per heavy atom.